The van der Waals surface area contributed by atoms with Gasteiger partial charge in [-0.1, -0.05) is 6.92 Å². The summed E-state index contributed by atoms with van der Waals surface area (Å²) in [6.07, 6.45) is 8.48. The number of sulfonamides is 1. The summed E-state index contributed by atoms with van der Waals surface area (Å²) in [5.41, 5.74) is 0.639. The molecule has 0 atom stereocenters. The highest BCUT2D eigenvalue weighted by molar-refractivity contribution is 7.89. The molecule has 6 nitrogen and oxygen atoms in total. The van der Waals surface area contributed by atoms with Crippen molar-refractivity contribution in [2.24, 2.45) is 29.1 Å². The van der Waals surface area contributed by atoms with Crippen molar-refractivity contribution in [1.82, 2.24) is 14.1 Å². The number of hydrogen-bond acceptors (Lipinski definition) is 4. The quantitative estimate of drug-likeness (QED) is 0.747. The third-order valence-electron chi connectivity index (χ3n) is 8.25. The second kappa shape index (κ2) is 6.64. The summed E-state index contributed by atoms with van der Waals surface area (Å²) in [5.74, 6) is 2.61. The zero-order chi connectivity index (χ0) is 20.6. The van der Waals surface area contributed by atoms with Gasteiger partial charge in [-0.3, -0.25) is 4.79 Å². The van der Waals surface area contributed by atoms with E-state index >= 15 is 0 Å². The predicted octanol–water partition coefficient (Wildman–Crippen LogP) is 3.78. The van der Waals surface area contributed by atoms with Crippen LogP contribution in [0.25, 0.3) is 0 Å². The van der Waals surface area contributed by atoms with Crippen LogP contribution < -0.4 is 0 Å². The highest BCUT2D eigenvalue weighted by atomic mass is 32.2. The molecule has 1 saturated heterocycles. The highest BCUT2D eigenvalue weighted by Gasteiger charge is 2.55. The fraction of sp³-hybridized carbons (Fsp3) is 0.818. The molecule has 1 aliphatic heterocycles. The van der Waals surface area contributed by atoms with Crippen molar-refractivity contribution in [3.8, 4) is 0 Å². The maximum absolute atomic E-state index is 13.7. The molecule has 0 radical (unpaired) electrons. The summed E-state index contributed by atoms with van der Waals surface area (Å²) < 4.78 is 29.8. The summed E-state index contributed by atoms with van der Waals surface area (Å²) in [4.78, 5) is 14.0. The van der Waals surface area contributed by atoms with Crippen LogP contribution in [-0.4, -0.2) is 41.5 Å². The van der Waals surface area contributed by atoms with Crippen molar-refractivity contribution in [2.75, 3.05) is 13.1 Å². The molecule has 1 aromatic rings. The van der Waals surface area contributed by atoms with Gasteiger partial charge in [0.1, 0.15) is 4.90 Å². The minimum absolute atomic E-state index is 0.0471. The molecular formula is C22H33N3O3S. The summed E-state index contributed by atoms with van der Waals surface area (Å²) >= 11 is 0. The number of nitrogens with zero attached hydrogens (tertiary/aromatic N) is 3. The Bertz CT molecular complexity index is 905. The van der Waals surface area contributed by atoms with Gasteiger partial charge in [0.25, 0.3) is 5.91 Å². The lowest BCUT2D eigenvalue weighted by atomic mass is 9.49. The molecule has 4 saturated carbocycles. The van der Waals surface area contributed by atoms with E-state index in [9.17, 15) is 13.2 Å². The standard InChI is InChI=1S/C22H33N3O3S/c1-14-4-6-24(7-5-14)29(27,28)20-15(2)23-25(16(20)3)21(26)22-11-17-8-18(12-22)10-19(9-17)13-22/h14,17-19H,4-13H2,1-3H3. The Morgan fingerprint density at radius 3 is 2.03 bits per heavy atom. The van der Waals surface area contributed by atoms with Gasteiger partial charge in [0.15, 0.2) is 0 Å². The molecule has 5 aliphatic rings. The van der Waals surface area contributed by atoms with Crippen molar-refractivity contribution in [3.63, 3.8) is 0 Å². The second-order valence-electron chi connectivity index (χ2n) is 10.5. The SMILES string of the molecule is Cc1nn(C(=O)C23CC4CC(CC(C4)C2)C3)c(C)c1S(=O)(=O)N1CCC(C)CC1. The minimum atomic E-state index is -3.62. The van der Waals surface area contributed by atoms with Gasteiger partial charge in [-0.2, -0.15) is 9.40 Å². The van der Waals surface area contributed by atoms with E-state index in [4.69, 9.17) is 0 Å². The molecule has 4 bridgehead atoms. The van der Waals surface area contributed by atoms with Crippen molar-refractivity contribution in [2.45, 2.75) is 77.0 Å². The Balaban J connectivity index is 1.48. The van der Waals surface area contributed by atoms with Gasteiger partial charge in [0, 0.05) is 13.1 Å². The fourth-order valence-electron chi connectivity index (χ4n) is 7.15. The van der Waals surface area contributed by atoms with Crippen molar-refractivity contribution in [3.05, 3.63) is 11.4 Å². The number of rotatable bonds is 3. The third kappa shape index (κ3) is 3.02. The van der Waals surface area contributed by atoms with Crippen LogP contribution in [0.4, 0.5) is 0 Å². The Labute approximate surface area is 174 Å². The van der Waals surface area contributed by atoms with Crippen LogP contribution in [-0.2, 0) is 10.0 Å². The molecular weight excluding hydrogens is 386 g/mol. The summed E-state index contributed by atoms with van der Waals surface area (Å²) in [5, 5.41) is 4.50. The normalized spacial score (nSPS) is 35.3. The largest absolute Gasteiger partial charge is 0.272 e. The van der Waals surface area contributed by atoms with Gasteiger partial charge in [0.2, 0.25) is 10.0 Å². The van der Waals surface area contributed by atoms with E-state index in [0.717, 1.165) is 32.1 Å². The number of carbonyl (C=O) groups excluding carboxylic acids is 1. The average Bonchev–Trinajstić information content (AvgIpc) is 2.95. The van der Waals surface area contributed by atoms with Gasteiger partial charge < -0.3 is 0 Å². The van der Waals surface area contributed by atoms with Gasteiger partial charge in [-0.15, -0.1) is 0 Å². The monoisotopic (exact) mass is 419 g/mol. The lowest BCUT2D eigenvalue weighted by molar-refractivity contribution is -0.0410. The molecule has 0 aromatic carbocycles. The van der Waals surface area contributed by atoms with Crippen LogP contribution >= 0.6 is 0 Å². The smallest absolute Gasteiger partial charge is 0.253 e. The van der Waals surface area contributed by atoms with Crippen molar-refractivity contribution in [1.29, 1.82) is 0 Å². The van der Waals surface area contributed by atoms with E-state index in [1.165, 1.54) is 23.9 Å². The summed E-state index contributed by atoms with van der Waals surface area (Å²) in [7, 11) is -3.62. The average molecular weight is 420 g/mol. The minimum Gasteiger partial charge on any atom is -0.272 e. The molecule has 7 heteroatoms. The van der Waals surface area contributed by atoms with Gasteiger partial charge in [0.05, 0.1) is 16.8 Å². The summed E-state index contributed by atoms with van der Waals surface area (Å²) in [6.45, 7) is 6.77. The highest BCUT2D eigenvalue weighted by Crippen LogP contribution is 2.60. The first-order chi connectivity index (χ1) is 13.7. The molecule has 2 heterocycles. The first-order valence-electron chi connectivity index (χ1n) is 11.3. The van der Waals surface area contributed by atoms with E-state index in [2.05, 4.69) is 12.0 Å². The van der Waals surface area contributed by atoms with Crippen molar-refractivity contribution < 1.29 is 13.2 Å². The van der Waals surface area contributed by atoms with E-state index in [1.807, 2.05) is 0 Å². The van der Waals surface area contributed by atoms with E-state index in [-0.39, 0.29) is 16.2 Å². The maximum atomic E-state index is 13.7. The Morgan fingerprint density at radius 1 is 1.00 bits per heavy atom. The predicted molar refractivity (Wildman–Crippen MR) is 110 cm³/mol. The molecule has 0 amide bonds. The van der Waals surface area contributed by atoms with Gasteiger partial charge >= 0.3 is 0 Å². The first kappa shape index (κ1) is 19.7. The number of aromatic nitrogens is 2. The van der Waals surface area contributed by atoms with Crippen LogP contribution in [0.2, 0.25) is 0 Å². The zero-order valence-electron chi connectivity index (χ0n) is 17.9. The zero-order valence-corrected chi connectivity index (χ0v) is 18.7. The Hall–Kier alpha value is -1.21. The lowest BCUT2D eigenvalue weighted by Gasteiger charge is -2.55. The van der Waals surface area contributed by atoms with Crippen LogP contribution in [0.1, 0.15) is 74.5 Å². The Morgan fingerprint density at radius 2 is 1.52 bits per heavy atom. The molecule has 6 rings (SSSR count). The Kier molecular flexibility index (Phi) is 4.52. The van der Waals surface area contributed by atoms with E-state index in [0.29, 0.717) is 48.1 Å². The molecule has 0 N–H and O–H groups in total. The van der Waals surface area contributed by atoms with Crippen LogP contribution in [0, 0.1) is 42.9 Å². The molecule has 29 heavy (non-hydrogen) atoms. The van der Waals surface area contributed by atoms with Crippen molar-refractivity contribution >= 4 is 15.9 Å². The molecule has 0 unspecified atom stereocenters. The van der Waals surface area contributed by atoms with Gasteiger partial charge in [-0.05, 0) is 88.9 Å². The molecule has 160 valence electrons. The van der Waals surface area contributed by atoms with Crippen LogP contribution in [0.15, 0.2) is 4.90 Å². The number of hydrogen-bond donors (Lipinski definition) is 0. The van der Waals surface area contributed by atoms with E-state index in [1.54, 1.807) is 18.2 Å². The number of piperidine rings is 1. The first-order valence-corrected chi connectivity index (χ1v) is 12.7. The number of carbonyl (C=O) groups is 1. The van der Waals surface area contributed by atoms with E-state index < -0.39 is 10.0 Å². The molecule has 0 spiro atoms. The fourth-order valence-corrected chi connectivity index (χ4v) is 8.97. The van der Waals surface area contributed by atoms with Crippen LogP contribution in [0.3, 0.4) is 0 Å². The topological polar surface area (TPSA) is 72.3 Å². The second-order valence-corrected chi connectivity index (χ2v) is 12.4. The van der Waals surface area contributed by atoms with Gasteiger partial charge in [-0.25, -0.2) is 13.1 Å². The molecule has 1 aromatic heterocycles. The third-order valence-corrected chi connectivity index (χ3v) is 10.4. The van der Waals surface area contributed by atoms with Crippen LogP contribution in [0.5, 0.6) is 0 Å². The molecule has 4 aliphatic carbocycles. The lowest BCUT2D eigenvalue weighted by Crippen LogP contribution is -2.51. The summed E-state index contributed by atoms with van der Waals surface area (Å²) in [6, 6.07) is 0. The number of aryl methyl sites for hydroxylation is 1. The maximum Gasteiger partial charge on any atom is 0.253 e. The molecule has 5 fully saturated rings.